The van der Waals surface area contributed by atoms with Gasteiger partial charge in [0.05, 0.1) is 10.6 Å². The van der Waals surface area contributed by atoms with Crippen LogP contribution in [0.1, 0.15) is 5.89 Å². The van der Waals surface area contributed by atoms with Crippen LogP contribution in [0.4, 0.5) is 4.39 Å². The number of hydrogen-bond acceptors (Lipinski definition) is 3. The van der Waals surface area contributed by atoms with Gasteiger partial charge in [-0.1, -0.05) is 17.7 Å². The second kappa shape index (κ2) is 4.80. The van der Waals surface area contributed by atoms with Crippen LogP contribution in [0.2, 0.25) is 5.02 Å². The number of aryl methyl sites for hydroxylation is 1. The molecule has 0 saturated carbocycles. The Bertz CT molecular complexity index is 501. The lowest BCUT2D eigenvalue weighted by atomic mass is 10.2. The van der Waals surface area contributed by atoms with Gasteiger partial charge in [0.1, 0.15) is 0 Å². The monoisotopic (exact) mass is 260 g/mol. The second-order valence-electron chi connectivity index (χ2n) is 3.04. The summed E-state index contributed by atoms with van der Waals surface area (Å²) >= 11 is 11.2. The zero-order valence-electron chi connectivity index (χ0n) is 8.08. The molecule has 3 nitrogen and oxygen atoms in total. The minimum atomic E-state index is -0.565. The number of hydrogen-bond donors (Lipinski definition) is 0. The maximum atomic E-state index is 13.6. The van der Waals surface area contributed by atoms with E-state index in [4.69, 9.17) is 27.6 Å². The number of nitrogens with zero attached hydrogens (tertiary/aromatic N) is 2. The highest BCUT2D eigenvalue weighted by atomic mass is 35.5. The van der Waals surface area contributed by atoms with E-state index in [9.17, 15) is 4.39 Å². The van der Waals surface area contributed by atoms with Crippen LogP contribution in [0.5, 0.6) is 0 Å². The Kier molecular flexibility index (Phi) is 3.41. The molecular formula is C10H7Cl2FN2O. The molecule has 0 atom stereocenters. The van der Waals surface area contributed by atoms with Gasteiger partial charge in [0.2, 0.25) is 5.89 Å². The fraction of sp³-hybridized carbons (Fsp3) is 0.200. The Morgan fingerprint density at radius 3 is 2.88 bits per heavy atom. The van der Waals surface area contributed by atoms with E-state index in [1.54, 1.807) is 6.07 Å². The molecule has 0 amide bonds. The topological polar surface area (TPSA) is 38.9 Å². The van der Waals surface area contributed by atoms with Gasteiger partial charge in [-0.15, -0.1) is 21.8 Å². The number of aromatic nitrogens is 2. The van der Waals surface area contributed by atoms with Gasteiger partial charge in [0.25, 0.3) is 5.89 Å². The first-order chi connectivity index (χ1) is 7.72. The smallest absolute Gasteiger partial charge is 0.250 e. The molecule has 84 valence electrons. The van der Waals surface area contributed by atoms with E-state index in [1.807, 2.05) is 0 Å². The van der Waals surface area contributed by atoms with Crippen LogP contribution >= 0.6 is 23.2 Å². The van der Waals surface area contributed by atoms with E-state index < -0.39 is 5.82 Å². The molecule has 0 aliphatic carbocycles. The van der Waals surface area contributed by atoms with Crippen molar-refractivity contribution in [3.63, 3.8) is 0 Å². The molecule has 2 rings (SSSR count). The molecule has 0 unspecified atom stereocenters. The van der Waals surface area contributed by atoms with Gasteiger partial charge in [-0.05, 0) is 12.1 Å². The first-order valence-electron chi connectivity index (χ1n) is 4.55. The van der Waals surface area contributed by atoms with Crippen molar-refractivity contribution < 1.29 is 8.81 Å². The molecule has 1 aromatic carbocycles. The predicted octanol–water partition coefficient (Wildman–Crippen LogP) is 3.31. The Morgan fingerprint density at radius 1 is 1.31 bits per heavy atom. The summed E-state index contributed by atoms with van der Waals surface area (Å²) in [6.07, 6.45) is 0.455. The lowest BCUT2D eigenvalue weighted by Crippen LogP contribution is -1.85. The van der Waals surface area contributed by atoms with E-state index in [0.29, 0.717) is 18.2 Å². The Labute approximate surface area is 101 Å². The molecule has 0 spiro atoms. The first kappa shape index (κ1) is 11.4. The van der Waals surface area contributed by atoms with E-state index in [1.165, 1.54) is 12.1 Å². The van der Waals surface area contributed by atoms with Gasteiger partial charge in [-0.3, -0.25) is 0 Å². The van der Waals surface area contributed by atoms with Crippen molar-refractivity contribution in [1.82, 2.24) is 10.2 Å². The fourth-order valence-corrected chi connectivity index (χ4v) is 1.55. The number of alkyl halides is 1. The van der Waals surface area contributed by atoms with Crippen molar-refractivity contribution >= 4 is 23.2 Å². The maximum Gasteiger partial charge on any atom is 0.250 e. The van der Waals surface area contributed by atoms with Crippen molar-refractivity contribution in [3.8, 4) is 11.5 Å². The quantitative estimate of drug-likeness (QED) is 0.795. The molecule has 1 aromatic heterocycles. The van der Waals surface area contributed by atoms with Crippen molar-refractivity contribution in [3.05, 3.63) is 34.9 Å². The second-order valence-corrected chi connectivity index (χ2v) is 3.83. The van der Waals surface area contributed by atoms with Crippen LogP contribution in [0.25, 0.3) is 11.5 Å². The minimum absolute atomic E-state index is 0.0228. The highest BCUT2D eigenvalue weighted by molar-refractivity contribution is 6.31. The lowest BCUT2D eigenvalue weighted by Gasteiger charge is -1.98. The van der Waals surface area contributed by atoms with Gasteiger partial charge in [0.15, 0.2) is 5.82 Å². The molecule has 0 N–H and O–H groups in total. The molecule has 6 heteroatoms. The van der Waals surface area contributed by atoms with Gasteiger partial charge in [0, 0.05) is 12.3 Å². The molecule has 1 heterocycles. The first-order valence-corrected chi connectivity index (χ1v) is 5.46. The summed E-state index contributed by atoms with van der Waals surface area (Å²) in [5.74, 6) is 0.300. The molecule has 0 saturated heterocycles. The molecular weight excluding hydrogens is 254 g/mol. The standard InChI is InChI=1S/C10H7Cl2FN2O/c11-5-4-8-14-15-10(16-8)6-2-1-3-7(12)9(6)13/h1-3H,4-5H2. The van der Waals surface area contributed by atoms with E-state index >= 15 is 0 Å². The molecule has 0 aliphatic heterocycles. The summed E-state index contributed by atoms with van der Waals surface area (Å²) in [5.41, 5.74) is 0.195. The van der Waals surface area contributed by atoms with Gasteiger partial charge >= 0.3 is 0 Å². The average Bonchev–Trinajstić information content (AvgIpc) is 2.71. The van der Waals surface area contributed by atoms with E-state index in [-0.39, 0.29) is 16.5 Å². The fourth-order valence-electron chi connectivity index (χ4n) is 1.21. The summed E-state index contributed by atoms with van der Waals surface area (Å²) in [7, 11) is 0. The normalized spacial score (nSPS) is 10.7. The van der Waals surface area contributed by atoms with Crippen molar-refractivity contribution in [2.45, 2.75) is 6.42 Å². The van der Waals surface area contributed by atoms with Gasteiger partial charge < -0.3 is 4.42 Å². The lowest BCUT2D eigenvalue weighted by molar-refractivity contribution is 0.509. The van der Waals surface area contributed by atoms with Crippen molar-refractivity contribution in [2.75, 3.05) is 5.88 Å². The SMILES string of the molecule is Fc1c(Cl)cccc1-c1nnc(CCCl)o1. The van der Waals surface area contributed by atoms with Crippen LogP contribution in [-0.4, -0.2) is 16.1 Å². The van der Waals surface area contributed by atoms with E-state index in [2.05, 4.69) is 10.2 Å². The van der Waals surface area contributed by atoms with Crippen LogP contribution in [0.3, 0.4) is 0 Å². The van der Waals surface area contributed by atoms with Crippen molar-refractivity contribution in [1.29, 1.82) is 0 Å². The summed E-state index contributed by atoms with van der Waals surface area (Å²) in [4.78, 5) is 0. The van der Waals surface area contributed by atoms with Gasteiger partial charge in [-0.2, -0.15) is 0 Å². The van der Waals surface area contributed by atoms with E-state index in [0.717, 1.165) is 0 Å². The Balaban J connectivity index is 2.39. The van der Waals surface area contributed by atoms with Gasteiger partial charge in [-0.25, -0.2) is 4.39 Å². The number of rotatable bonds is 3. The zero-order valence-corrected chi connectivity index (χ0v) is 9.59. The molecule has 0 aliphatic rings. The molecule has 0 bridgehead atoms. The molecule has 16 heavy (non-hydrogen) atoms. The summed E-state index contributed by atoms with van der Waals surface area (Å²) in [6.45, 7) is 0. The average molecular weight is 261 g/mol. The van der Waals surface area contributed by atoms with Crippen LogP contribution in [-0.2, 0) is 6.42 Å². The zero-order chi connectivity index (χ0) is 11.5. The third kappa shape index (κ3) is 2.18. The third-order valence-electron chi connectivity index (χ3n) is 1.96. The summed E-state index contributed by atoms with van der Waals surface area (Å²) in [6, 6.07) is 4.60. The van der Waals surface area contributed by atoms with Crippen LogP contribution < -0.4 is 0 Å². The summed E-state index contributed by atoms with van der Waals surface area (Å²) < 4.78 is 18.8. The van der Waals surface area contributed by atoms with Crippen LogP contribution in [0.15, 0.2) is 22.6 Å². The Morgan fingerprint density at radius 2 is 2.12 bits per heavy atom. The summed E-state index contributed by atoms with van der Waals surface area (Å²) in [5, 5.41) is 7.50. The molecule has 2 aromatic rings. The van der Waals surface area contributed by atoms with Crippen molar-refractivity contribution in [2.24, 2.45) is 0 Å². The van der Waals surface area contributed by atoms with Crippen LogP contribution in [0, 0.1) is 5.82 Å². The predicted molar refractivity (Wildman–Crippen MR) is 59.1 cm³/mol. The maximum absolute atomic E-state index is 13.6. The minimum Gasteiger partial charge on any atom is -0.421 e. The number of halogens is 3. The third-order valence-corrected chi connectivity index (χ3v) is 2.44. The number of benzene rings is 1. The largest absolute Gasteiger partial charge is 0.421 e. The highest BCUT2D eigenvalue weighted by Gasteiger charge is 2.14. The molecule has 0 fully saturated rings. The molecule has 0 radical (unpaired) electrons. The Hall–Kier alpha value is -1.13. The highest BCUT2D eigenvalue weighted by Crippen LogP contribution is 2.26.